The van der Waals surface area contributed by atoms with Crippen molar-refractivity contribution in [3.8, 4) is 11.8 Å². The molecule has 0 unspecified atom stereocenters. The zero-order chi connectivity index (χ0) is 9.68. The van der Waals surface area contributed by atoms with E-state index < -0.39 is 0 Å². The van der Waals surface area contributed by atoms with Gasteiger partial charge in [0, 0.05) is 10.9 Å². The van der Waals surface area contributed by atoms with E-state index in [0.29, 0.717) is 16.1 Å². The van der Waals surface area contributed by atoms with E-state index >= 15 is 0 Å². The van der Waals surface area contributed by atoms with Gasteiger partial charge in [-0.15, -0.1) is 0 Å². The number of alkyl halides is 1. The van der Waals surface area contributed by atoms with E-state index in [-0.39, 0.29) is 6.61 Å². The zero-order valence-electron chi connectivity index (χ0n) is 6.76. The average Bonchev–Trinajstić information content (AvgIpc) is 2.15. The molecule has 0 aliphatic carbocycles. The topological polar surface area (TPSA) is 33.0 Å². The molecule has 2 nitrogen and oxygen atoms in total. The third-order valence-corrected chi connectivity index (χ3v) is 2.38. The molecule has 0 aliphatic rings. The normalized spacial score (nSPS) is 9.31. The molecule has 0 aromatic heterocycles. The molecule has 0 radical (unpaired) electrons. The summed E-state index contributed by atoms with van der Waals surface area (Å²) in [5, 5.41) is 9.55. The highest BCUT2D eigenvalue weighted by molar-refractivity contribution is 9.08. The fourth-order valence-corrected chi connectivity index (χ4v) is 1.62. The summed E-state index contributed by atoms with van der Waals surface area (Å²) in [4.78, 5) is 0. The lowest BCUT2D eigenvalue weighted by molar-refractivity contribution is 0.365. The van der Waals surface area contributed by atoms with Crippen molar-refractivity contribution in [2.24, 2.45) is 0 Å². The maximum atomic E-state index is 8.35. The van der Waals surface area contributed by atoms with Crippen molar-refractivity contribution in [3.05, 3.63) is 28.8 Å². The Morgan fingerprint density at radius 1 is 1.54 bits per heavy atom. The molecule has 0 fully saturated rings. The summed E-state index contributed by atoms with van der Waals surface area (Å²) in [6.45, 7) is 0.0176. The second kappa shape index (κ2) is 5.11. The van der Waals surface area contributed by atoms with E-state index in [9.17, 15) is 0 Å². The number of para-hydroxylation sites is 1. The van der Waals surface area contributed by atoms with Crippen molar-refractivity contribution >= 4 is 27.5 Å². The van der Waals surface area contributed by atoms with Gasteiger partial charge in [0.2, 0.25) is 0 Å². The van der Waals surface area contributed by atoms with Gasteiger partial charge in [0.1, 0.15) is 11.8 Å². The molecule has 0 saturated heterocycles. The van der Waals surface area contributed by atoms with Crippen LogP contribution in [0, 0.1) is 11.3 Å². The fraction of sp³-hybridized carbons (Fsp3) is 0.222. The van der Waals surface area contributed by atoms with Gasteiger partial charge in [0.15, 0.2) is 6.61 Å². The number of hydrogen-bond donors (Lipinski definition) is 0. The number of nitrogens with zero attached hydrogens (tertiary/aromatic N) is 1. The first-order chi connectivity index (χ1) is 6.29. The van der Waals surface area contributed by atoms with Crippen molar-refractivity contribution in [3.63, 3.8) is 0 Å². The average molecular weight is 261 g/mol. The Bertz CT molecular complexity index is 335. The minimum Gasteiger partial charge on any atom is -0.477 e. The molecule has 1 aromatic carbocycles. The Morgan fingerprint density at radius 2 is 2.31 bits per heavy atom. The van der Waals surface area contributed by atoms with Gasteiger partial charge < -0.3 is 4.74 Å². The Balaban J connectivity index is 2.95. The third-order valence-electron chi connectivity index (χ3n) is 1.47. The van der Waals surface area contributed by atoms with Crippen molar-refractivity contribution in [1.82, 2.24) is 0 Å². The highest BCUT2D eigenvalue weighted by atomic mass is 79.9. The maximum Gasteiger partial charge on any atom is 0.174 e. The third kappa shape index (κ3) is 2.61. The summed E-state index contributed by atoms with van der Waals surface area (Å²) in [6, 6.07) is 7.38. The number of ether oxygens (including phenoxy) is 1. The minimum absolute atomic E-state index is 0.0176. The molecule has 1 rings (SSSR count). The molecule has 13 heavy (non-hydrogen) atoms. The van der Waals surface area contributed by atoms with Crippen molar-refractivity contribution in [1.29, 1.82) is 5.26 Å². The smallest absolute Gasteiger partial charge is 0.174 e. The SMILES string of the molecule is N#CCOc1c(Cl)cccc1CBr. The molecule has 0 aliphatic heterocycles. The molecule has 4 heteroatoms. The molecule has 1 aromatic rings. The van der Waals surface area contributed by atoms with Crippen LogP contribution in [0.1, 0.15) is 5.56 Å². The number of nitriles is 1. The second-order valence-electron chi connectivity index (χ2n) is 2.31. The maximum absolute atomic E-state index is 8.35. The van der Waals surface area contributed by atoms with Crippen LogP contribution in [-0.4, -0.2) is 6.61 Å². The molecule has 0 spiro atoms. The first-order valence-electron chi connectivity index (χ1n) is 3.62. The van der Waals surface area contributed by atoms with Crippen LogP contribution in [0.3, 0.4) is 0 Å². The van der Waals surface area contributed by atoms with Gasteiger partial charge in [-0.2, -0.15) is 5.26 Å². The van der Waals surface area contributed by atoms with Gasteiger partial charge in [-0.25, -0.2) is 0 Å². The highest BCUT2D eigenvalue weighted by Crippen LogP contribution is 2.29. The second-order valence-corrected chi connectivity index (χ2v) is 3.28. The summed E-state index contributed by atoms with van der Waals surface area (Å²) in [5.74, 6) is 0.586. The number of halogens is 2. The summed E-state index contributed by atoms with van der Waals surface area (Å²) < 4.78 is 5.18. The predicted molar refractivity (Wildman–Crippen MR) is 55.2 cm³/mol. The first kappa shape index (κ1) is 10.4. The lowest BCUT2D eigenvalue weighted by atomic mass is 10.2. The number of hydrogen-bond acceptors (Lipinski definition) is 2. The molecule has 0 N–H and O–H groups in total. The Hall–Kier alpha value is -0.720. The molecule has 0 heterocycles. The Morgan fingerprint density at radius 3 is 2.92 bits per heavy atom. The monoisotopic (exact) mass is 259 g/mol. The van der Waals surface area contributed by atoms with Gasteiger partial charge >= 0.3 is 0 Å². The van der Waals surface area contributed by atoms with Gasteiger partial charge in [-0.05, 0) is 6.07 Å². The highest BCUT2D eigenvalue weighted by Gasteiger charge is 2.06. The van der Waals surface area contributed by atoms with Gasteiger partial charge in [0.05, 0.1) is 5.02 Å². The molecule has 0 bridgehead atoms. The molecular formula is C9H7BrClNO. The van der Waals surface area contributed by atoms with E-state index in [0.717, 1.165) is 5.56 Å². The van der Waals surface area contributed by atoms with Crippen LogP contribution in [0.2, 0.25) is 5.02 Å². The number of benzene rings is 1. The van der Waals surface area contributed by atoms with Crippen molar-refractivity contribution in [2.75, 3.05) is 6.61 Å². The van der Waals surface area contributed by atoms with Crippen LogP contribution in [0.5, 0.6) is 5.75 Å². The lowest BCUT2D eigenvalue weighted by Crippen LogP contribution is -1.97. The summed E-state index contributed by atoms with van der Waals surface area (Å²) in [7, 11) is 0. The molecule has 0 atom stereocenters. The van der Waals surface area contributed by atoms with Crippen LogP contribution in [0.4, 0.5) is 0 Å². The van der Waals surface area contributed by atoms with Crippen LogP contribution >= 0.6 is 27.5 Å². The minimum atomic E-state index is 0.0176. The van der Waals surface area contributed by atoms with Gasteiger partial charge in [0.25, 0.3) is 0 Å². The van der Waals surface area contributed by atoms with Gasteiger partial charge in [-0.3, -0.25) is 0 Å². The Kier molecular flexibility index (Phi) is 4.07. The first-order valence-corrected chi connectivity index (χ1v) is 5.12. The van der Waals surface area contributed by atoms with Crippen molar-refractivity contribution in [2.45, 2.75) is 5.33 Å². The Labute approximate surface area is 90.2 Å². The van der Waals surface area contributed by atoms with E-state index in [4.69, 9.17) is 21.6 Å². The number of rotatable bonds is 3. The predicted octanol–water partition coefficient (Wildman–Crippen LogP) is 3.14. The fourth-order valence-electron chi connectivity index (χ4n) is 0.925. The quantitative estimate of drug-likeness (QED) is 0.782. The zero-order valence-corrected chi connectivity index (χ0v) is 9.10. The standard InChI is InChI=1S/C9H7BrClNO/c10-6-7-2-1-3-8(11)9(7)13-5-4-12/h1-3H,5-6H2. The van der Waals surface area contributed by atoms with Gasteiger partial charge in [-0.1, -0.05) is 39.7 Å². The summed E-state index contributed by atoms with van der Waals surface area (Å²) in [6.07, 6.45) is 0. The summed E-state index contributed by atoms with van der Waals surface area (Å²) in [5.41, 5.74) is 0.947. The molecule has 68 valence electrons. The molecule has 0 saturated carbocycles. The summed E-state index contributed by atoms with van der Waals surface area (Å²) >= 11 is 9.20. The van der Waals surface area contributed by atoms with Crippen molar-refractivity contribution < 1.29 is 4.74 Å². The molecular weight excluding hydrogens is 253 g/mol. The van der Waals surface area contributed by atoms with E-state index in [2.05, 4.69) is 15.9 Å². The lowest BCUT2D eigenvalue weighted by Gasteiger charge is -2.08. The van der Waals surface area contributed by atoms with Crippen LogP contribution in [0.15, 0.2) is 18.2 Å². The van der Waals surface area contributed by atoms with Crippen LogP contribution < -0.4 is 4.74 Å². The van der Waals surface area contributed by atoms with E-state index in [1.54, 1.807) is 6.07 Å². The largest absolute Gasteiger partial charge is 0.477 e. The van der Waals surface area contributed by atoms with E-state index in [1.807, 2.05) is 18.2 Å². The molecule has 0 amide bonds. The van der Waals surface area contributed by atoms with E-state index in [1.165, 1.54) is 0 Å². The van der Waals surface area contributed by atoms with Crippen LogP contribution in [-0.2, 0) is 5.33 Å². The van der Waals surface area contributed by atoms with Crippen LogP contribution in [0.25, 0.3) is 0 Å².